The van der Waals surface area contributed by atoms with E-state index in [1.54, 1.807) is 22.4 Å². The van der Waals surface area contributed by atoms with Crippen molar-refractivity contribution in [2.24, 2.45) is 33.3 Å². The Morgan fingerprint density at radius 3 is 1.83 bits per heavy atom. The Hall–Kier alpha value is -4.15. The first-order valence-corrected chi connectivity index (χ1v) is 31.4. The molecule has 7 aromatic rings. The molecule has 4 aliphatic carbocycles. The van der Waals surface area contributed by atoms with Gasteiger partial charge in [0.2, 0.25) is 5.82 Å². The minimum Gasteiger partial charge on any atom is -0.502 e. The van der Waals surface area contributed by atoms with Gasteiger partial charge in [-0.25, -0.2) is 9.49 Å². The van der Waals surface area contributed by atoms with Crippen LogP contribution in [0.3, 0.4) is 0 Å². The Labute approximate surface area is 578 Å². The smallest absolute Gasteiger partial charge is 0.386 e. The van der Waals surface area contributed by atoms with E-state index in [0.717, 1.165) is 109 Å². The number of aromatic nitrogens is 7. The van der Waals surface area contributed by atoms with Crippen LogP contribution in [0.25, 0.3) is 22.8 Å². The molecule has 0 unspecified atom stereocenters. The van der Waals surface area contributed by atoms with E-state index < -0.39 is 29.0 Å². The van der Waals surface area contributed by atoms with Gasteiger partial charge < -0.3 is 19.6 Å². The van der Waals surface area contributed by atoms with Crippen LogP contribution in [0.4, 0.5) is 17.6 Å². The quantitative estimate of drug-likeness (QED) is 0.0568. The minimum absolute atomic E-state index is 0. The summed E-state index contributed by atoms with van der Waals surface area (Å²) in [6.45, 7) is 19.5. The maximum atomic E-state index is 15.1. The minimum atomic E-state index is -0.697. The van der Waals surface area contributed by atoms with Crippen LogP contribution in [0, 0.1) is 86.3 Å². The summed E-state index contributed by atoms with van der Waals surface area (Å²) >= 11 is 1.41. The van der Waals surface area contributed by atoms with E-state index in [0.29, 0.717) is 23.4 Å². The molecule has 89 heavy (non-hydrogen) atoms. The average molecular weight is 1650 g/mol. The predicted molar refractivity (Wildman–Crippen MR) is 325 cm³/mol. The van der Waals surface area contributed by atoms with E-state index in [-0.39, 0.29) is 122 Å². The van der Waals surface area contributed by atoms with Gasteiger partial charge in [-0.3, -0.25) is 23.4 Å². The predicted octanol–water partition coefficient (Wildman–Crippen LogP) is 15.7. The van der Waals surface area contributed by atoms with Crippen molar-refractivity contribution in [2.75, 3.05) is 6.54 Å². The molecule has 12 nitrogen and oxygen atoms in total. The van der Waals surface area contributed by atoms with E-state index in [9.17, 15) is 23.4 Å². The van der Waals surface area contributed by atoms with Crippen LogP contribution in [-0.2, 0) is 103 Å². The van der Waals surface area contributed by atoms with Gasteiger partial charge in [0.15, 0.2) is 16.5 Å². The number of benzene rings is 4. The maximum Gasteiger partial charge on any atom is 0.386 e. The van der Waals surface area contributed by atoms with Gasteiger partial charge in [0, 0.05) is 150 Å². The summed E-state index contributed by atoms with van der Waals surface area (Å²) in [6, 6.07) is 20.3. The summed E-state index contributed by atoms with van der Waals surface area (Å²) in [5, 5.41) is 34.6. The van der Waals surface area contributed by atoms with Gasteiger partial charge in [-0.15, -0.1) is 47.0 Å². The van der Waals surface area contributed by atoms with E-state index >= 15 is 4.39 Å². The van der Waals surface area contributed by atoms with E-state index in [2.05, 4.69) is 85.0 Å². The van der Waals surface area contributed by atoms with Gasteiger partial charge in [0.25, 0.3) is 16.6 Å². The standard InChI is InChI=1S/C19H25N2.C18H22F2N2OS.C16H18F2N3.C15H18N2O2.Ir.Ni.2Pd/c1-14-7-8-17(15(2)11-14)18-20-13-16(21-18)12-19(3)9-5-4-6-10-19;1-11-21-22(12(2)24-11)17-15(23)9-14(19)13(16(17)20)10-18(3)7-5-4-6-8-18;1-16(7-3-4-8-16)10-14-19-15(20-21(14)2)12-6-5-11(17)9-13(12)18;1-11-16-17(12-7-3-4-8-13(12)18)14(19-11)15(2)9-5-6-10-15;;;;/h7,11H,4-6,9-10,12-13H2,1-3H3;9H,4-8,10H2,1-3H3;5,9H,3-4,7-8,10H2,1-2H3;3-4,7-8H,5-6,9-10H2,1-2H3;;;;/q-1;;-1;;;;;/p+2. The summed E-state index contributed by atoms with van der Waals surface area (Å²) in [4.78, 5) is 13.9. The van der Waals surface area contributed by atoms with E-state index in [1.165, 1.54) is 110 Å². The number of hydrogen-bond acceptors (Lipinski definition) is 10. The van der Waals surface area contributed by atoms with Gasteiger partial charge in [0.05, 0.1) is 23.6 Å². The molecule has 2 N–H and O–H groups in total. The van der Waals surface area contributed by atoms with Crippen LogP contribution in [0.5, 0.6) is 11.5 Å². The number of aryl methyl sites for hydroxylation is 6. The first kappa shape index (κ1) is 75.6. The molecule has 1 aliphatic heterocycles. The topological polar surface area (TPSA) is 143 Å². The molecular formula is C68H85F4IrN9NiO3Pd2S. The molecule has 493 valence electrons. The Kier molecular flexibility index (Phi) is 27.7. The van der Waals surface area contributed by atoms with Crippen LogP contribution in [-0.4, -0.2) is 53.3 Å². The van der Waals surface area contributed by atoms with Crippen LogP contribution in [0.15, 0.2) is 69.0 Å². The monoisotopic (exact) mass is 1650 g/mol. The third-order valence-electron chi connectivity index (χ3n) is 18.2. The fourth-order valence-corrected chi connectivity index (χ4v) is 14.2. The van der Waals surface area contributed by atoms with Crippen LogP contribution >= 0.6 is 11.3 Å². The zero-order valence-corrected chi connectivity index (χ0v) is 60.1. The summed E-state index contributed by atoms with van der Waals surface area (Å²) < 4.78 is 67.0. The Balaban J connectivity index is 0.000000213. The molecule has 0 saturated heterocycles. The summed E-state index contributed by atoms with van der Waals surface area (Å²) in [5.41, 5.74) is 6.25. The van der Waals surface area contributed by atoms with Crippen molar-refractivity contribution >= 4 is 22.9 Å². The number of amidine groups is 1. The number of aromatic hydroxyl groups is 2. The molecule has 0 spiro atoms. The second kappa shape index (κ2) is 32.6. The van der Waals surface area contributed by atoms with E-state index in [4.69, 9.17) is 9.41 Å². The molecular weight excluding hydrogens is 1560 g/mol. The zero-order chi connectivity index (χ0) is 60.8. The summed E-state index contributed by atoms with van der Waals surface area (Å²) in [7, 11) is 1.81. The van der Waals surface area contributed by atoms with Gasteiger partial charge in [-0.1, -0.05) is 123 Å². The molecule has 5 aliphatic rings. The van der Waals surface area contributed by atoms with Crippen molar-refractivity contribution < 1.29 is 119 Å². The summed E-state index contributed by atoms with van der Waals surface area (Å²) in [5.74, 6) is 0.591. The molecule has 3 aromatic heterocycles. The number of aliphatic imine (C=N–C) groups is 2. The van der Waals surface area contributed by atoms with Gasteiger partial charge >= 0.3 is 11.6 Å². The number of nitrogens with zero attached hydrogens (tertiary/aromatic N) is 9. The molecule has 4 fully saturated rings. The first-order chi connectivity index (χ1) is 40.4. The average Bonchev–Trinajstić information content (AvgIpc) is 1.87. The van der Waals surface area contributed by atoms with Crippen molar-refractivity contribution in [3.63, 3.8) is 0 Å². The molecule has 4 saturated carbocycles. The third-order valence-corrected chi connectivity index (χ3v) is 19.0. The van der Waals surface area contributed by atoms with Gasteiger partial charge in [-0.2, -0.15) is 4.39 Å². The Morgan fingerprint density at radius 1 is 0.674 bits per heavy atom. The zero-order valence-electron chi connectivity index (χ0n) is 52.8. The SMILES string of the molecule is Cc1c[c-]c(C2=NCC(CC3(C)CCCCC3)=N2)c(C)c1.Cc1n[n+](-c2c(O)cc(F)c(CC3(C)CCCCC3)c2F)c(C)s1.Cc1n[n+](-c2ccccc2O)c(C2(C)CCCC2)o1.Cn1nc(-c2[c-]cc(F)cc2F)nc1CC1(C)CCCC1.[Ir].[Ni].[Pd].[Pd]. The summed E-state index contributed by atoms with van der Waals surface area (Å²) in [6.07, 6.45) is 24.0. The van der Waals surface area contributed by atoms with Gasteiger partial charge in [0.1, 0.15) is 11.6 Å². The molecule has 0 amide bonds. The number of phenolic OH excluding ortho intramolecular Hbond substituents is 2. The molecule has 21 heteroatoms. The van der Waals surface area contributed by atoms with E-state index in [1.807, 2.05) is 45.2 Å². The molecule has 4 aromatic carbocycles. The second-order valence-corrected chi connectivity index (χ2v) is 27.4. The number of phenols is 2. The number of para-hydroxylation sites is 2. The fourth-order valence-electron chi connectivity index (χ4n) is 13.4. The van der Waals surface area contributed by atoms with Crippen LogP contribution < -0.4 is 9.36 Å². The maximum absolute atomic E-state index is 15.1. The van der Waals surface area contributed by atoms with Crippen LogP contribution in [0.1, 0.15) is 200 Å². The number of rotatable bonds is 11. The molecule has 0 bridgehead atoms. The Morgan fingerprint density at radius 2 is 1.25 bits per heavy atom. The van der Waals surface area contributed by atoms with Crippen molar-refractivity contribution in [3.8, 4) is 34.3 Å². The largest absolute Gasteiger partial charge is 0.502 e. The third kappa shape index (κ3) is 18.8. The molecule has 12 rings (SSSR count). The Bertz CT molecular complexity index is 3570. The molecule has 0 atom stereocenters. The fraction of sp³-hybridized carbons (Fsp3) is 0.529. The van der Waals surface area contributed by atoms with Crippen molar-refractivity contribution in [2.45, 2.75) is 203 Å². The van der Waals surface area contributed by atoms with Crippen molar-refractivity contribution in [1.82, 2.24) is 25.0 Å². The number of halogens is 4. The van der Waals surface area contributed by atoms with Gasteiger partial charge in [-0.05, 0) is 121 Å². The van der Waals surface area contributed by atoms with Crippen molar-refractivity contribution in [1.29, 1.82) is 0 Å². The molecule has 4 heterocycles. The molecule has 1 radical (unpaired) electrons. The second-order valence-electron chi connectivity index (χ2n) is 26.0. The van der Waals surface area contributed by atoms with Crippen LogP contribution in [0.2, 0.25) is 0 Å². The number of hydrogen-bond donors (Lipinski definition) is 2. The van der Waals surface area contributed by atoms with Crippen molar-refractivity contribution in [3.05, 3.63) is 140 Å². The normalized spacial score (nSPS) is 17.5. The first-order valence-electron chi connectivity index (χ1n) is 30.6.